The molecule has 1 fully saturated rings. The molecule has 1 aromatic heterocycles. The summed E-state index contributed by atoms with van der Waals surface area (Å²) in [5, 5.41) is 17.9. The van der Waals surface area contributed by atoms with Crippen LogP contribution in [0.1, 0.15) is 50.7 Å². The highest BCUT2D eigenvalue weighted by Crippen LogP contribution is 2.20. The minimum atomic E-state index is -0.0472. The van der Waals surface area contributed by atoms with Crippen LogP contribution in [0.4, 0.5) is 0 Å². The molecule has 1 aliphatic heterocycles. The normalized spacial score (nSPS) is 19.5. The monoisotopic (exact) mass is 329 g/mol. The number of aromatic nitrogens is 1. The number of likely N-dealkylation sites (N-methyl/N-ethyl adjacent to an activating group) is 1. The summed E-state index contributed by atoms with van der Waals surface area (Å²) in [6.07, 6.45) is 4.03. The van der Waals surface area contributed by atoms with Gasteiger partial charge in [0.2, 0.25) is 5.89 Å². The second-order valence-corrected chi connectivity index (χ2v) is 6.95. The highest BCUT2D eigenvalue weighted by atomic mass is 16.4. The van der Waals surface area contributed by atoms with Crippen molar-refractivity contribution in [3.8, 4) is 12.1 Å². The van der Waals surface area contributed by atoms with Crippen molar-refractivity contribution < 1.29 is 4.42 Å². The Bertz CT molecular complexity index is 597. The van der Waals surface area contributed by atoms with Gasteiger partial charge in [-0.3, -0.25) is 4.90 Å². The van der Waals surface area contributed by atoms with Crippen molar-refractivity contribution in [1.29, 1.82) is 10.5 Å². The van der Waals surface area contributed by atoms with E-state index in [2.05, 4.69) is 47.8 Å². The van der Waals surface area contributed by atoms with Crippen molar-refractivity contribution >= 4 is 0 Å². The summed E-state index contributed by atoms with van der Waals surface area (Å²) < 4.78 is 5.79. The fourth-order valence-electron chi connectivity index (χ4n) is 3.09. The van der Waals surface area contributed by atoms with Crippen LogP contribution in [0, 0.1) is 28.6 Å². The molecule has 0 radical (unpaired) electrons. The molecule has 1 aliphatic rings. The summed E-state index contributed by atoms with van der Waals surface area (Å²) in [5.74, 6) is 2.01. The van der Waals surface area contributed by atoms with Crippen molar-refractivity contribution in [2.45, 2.75) is 51.6 Å². The number of likely N-dealkylation sites (tertiary alicyclic amines) is 1. The third-order valence-corrected chi connectivity index (χ3v) is 4.66. The van der Waals surface area contributed by atoms with E-state index in [4.69, 9.17) is 9.68 Å². The molecule has 1 aromatic rings. The lowest BCUT2D eigenvalue weighted by Gasteiger charge is -2.24. The fraction of sp³-hybridized carbons (Fsp3) is 0.722. The lowest BCUT2D eigenvalue weighted by molar-refractivity contribution is 0.200. The van der Waals surface area contributed by atoms with E-state index >= 15 is 0 Å². The Morgan fingerprint density at radius 3 is 2.88 bits per heavy atom. The number of oxazole rings is 1. The molecule has 1 saturated heterocycles. The van der Waals surface area contributed by atoms with Gasteiger partial charge in [-0.05, 0) is 26.4 Å². The Morgan fingerprint density at radius 2 is 2.25 bits per heavy atom. The molecule has 0 aromatic carbocycles. The lowest BCUT2D eigenvalue weighted by Crippen LogP contribution is -2.35. The SMILES string of the molecule is CC(C)c1cnc(CN(C)[C@@H]2CCN(C[C@@H](C#N)CCC#N)C2)o1. The van der Waals surface area contributed by atoms with Crippen molar-refractivity contribution in [3.05, 3.63) is 17.8 Å². The van der Waals surface area contributed by atoms with E-state index in [1.54, 1.807) is 0 Å². The van der Waals surface area contributed by atoms with Gasteiger partial charge in [-0.15, -0.1) is 0 Å². The van der Waals surface area contributed by atoms with Gasteiger partial charge in [0.1, 0.15) is 5.76 Å². The first-order chi connectivity index (χ1) is 11.5. The predicted octanol–water partition coefficient (Wildman–Crippen LogP) is 2.75. The van der Waals surface area contributed by atoms with Crippen molar-refractivity contribution in [1.82, 2.24) is 14.8 Å². The Hall–Kier alpha value is -1.89. The van der Waals surface area contributed by atoms with Crippen molar-refractivity contribution in [3.63, 3.8) is 0 Å². The molecule has 0 amide bonds. The van der Waals surface area contributed by atoms with Crippen LogP contribution in [0.5, 0.6) is 0 Å². The zero-order valence-electron chi connectivity index (χ0n) is 14.9. The van der Waals surface area contributed by atoms with E-state index in [0.717, 1.165) is 37.7 Å². The highest BCUT2D eigenvalue weighted by molar-refractivity contribution is 4.99. The van der Waals surface area contributed by atoms with Gasteiger partial charge >= 0.3 is 0 Å². The molecular formula is C18H27N5O. The Labute approximate surface area is 144 Å². The average molecular weight is 329 g/mol. The van der Waals surface area contributed by atoms with Crippen LogP contribution in [-0.4, -0.2) is 47.5 Å². The van der Waals surface area contributed by atoms with Crippen LogP contribution in [0.2, 0.25) is 0 Å². The number of nitrogens with zero attached hydrogens (tertiary/aromatic N) is 5. The molecule has 0 spiro atoms. The molecule has 0 bridgehead atoms. The smallest absolute Gasteiger partial charge is 0.208 e. The molecule has 2 heterocycles. The van der Waals surface area contributed by atoms with Gasteiger partial charge in [-0.2, -0.15) is 10.5 Å². The summed E-state index contributed by atoms with van der Waals surface area (Å²) >= 11 is 0. The van der Waals surface area contributed by atoms with Gasteiger partial charge in [0.25, 0.3) is 0 Å². The molecular weight excluding hydrogens is 302 g/mol. The minimum Gasteiger partial charge on any atom is -0.444 e. The van der Waals surface area contributed by atoms with Crippen LogP contribution in [0.3, 0.4) is 0 Å². The van der Waals surface area contributed by atoms with E-state index in [-0.39, 0.29) is 5.92 Å². The molecule has 0 saturated carbocycles. The molecule has 130 valence electrons. The van der Waals surface area contributed by atoms with Gasteiger partial charge in [-0.1, -0.05) is 13.8 Å². The maximum Gasteiger partial charge on any atom is 0.208 e. The van der Waals surface area contributed by atoms with Gasteiger partial charge < -0.3 is 9.32 Å². The first-order valence-electron chi connectivity index (χ1n) is 8.67. The molecule has 6 heteroatoms. The molecule has 2 rings (SSSR count). The highest BCUT2D eigenvalue weighted by Gasteiger charge is 2.28. The van der Waals surface area contributed by atoms with E-state index < -0.39 is 0 Å². The van der Waals surface area contributed by atoms with E-state index in [0.29, 0.717) is 31.3 Å². The van der Waals surface area contributed by atoms with Crippen molar-refractivity contribution in [2.75, 3.05) is 26.7 Å². The molecule has 0 unspecified atom stereocenters. The topological polar surface area (TPSA) is 80.1 Å². The van der Waals surface area contributed by atoms with Gasteiger partial charge in [0.05, 0.1) is 30.8 Å². The average Bonchev–Trinajstić information content (AvgIpc) is 3.20. The number of hydrogen-bond donors (Lipinski definition) is 0. The van der Waals surface area contributed by atoms with Crippen LogP contribution < -0.4 is 0 Å². The van der Waals surface area contributed by atoms with Crippen molar-refractivity contribution in [2.24, 2.45) is 5.92 Å². The van der Waals surface area contributed by atoms with Crippen LogP contribution in [0.15, 0.2) is 10.6 Å². The molecule has 0 N–H and O–H groups in total. The minimum absolute atomic E-state index is 0.0472. The van der Waals surface area contributed by atoms with Crippen LogP contribution in [-0.2, 0) is 6.54 Å². The summed E-state index contributed by atoms with van der Waals surface area (Å²) in [5.41, 5.74) is 0. The second-order valence-electron chi connectivity index (χ2n) is 6.95. The third-order valence-electron chi connectivity index (χ3n) is 4.66. The predicted molar refractivity (Wildman–Crippen MR) is 90.9 cm³/mol. The maximum absolute atomic E-state index is 9.21. The number of nitriles is 2. The summed E-state index contributed by atoms with van der Waals surface area (Å²) in [7, 11) is 2.10. The third kappa shape index (κ3) is 5.06. The first-order valence-corrected chi connectivity index (χ1v) is 8.67. The molecule has 0 aliphatic carbocycles. The largest absolute Gasteiger partial charge is 0.444 e. The molecule has 6 nitrogen and oxygen atoms in total. The first kappa shape index (κ1) is 18.4. The van der Waals surface area contributed by atoms with E-state index in [1.807, 2.05) is 6.20 Å². The summed E-state index contributed by atoms with van der Waals surface area (Å²) in [6.45, 7) is 7.63. The Kier molecular flexibility index (Phi) is 6.78. The zero-order valence-corrected chi connectivity index (χ0v) is 14.9. The van der Waals surface area contributed by atoms with Gasteiger partial charge in [-0.25, -0.2) is 4.98 Å². The maximum atomic E-state index is 9.21. The molecule has 2 atom stereocenters. The summed E-state index contributed by atoms with van der Waals surface area (Å²) in [4.78, 5) is 8.99. The lowest BCUT2D eigenvalue weighted by atomic mass is 10.1. The van der Waals surface area contributed by atoms with E-state index in [9.17, 15) is 5.26 Å². The Balaban J connectivity index is 1.81. The zero-order chi connectivity index (χ0) is 17.5. The standard InChI is InChI=1S/C18H27N5O/c1-14(2)17-10-21-18(24-17)13-22(3)16-6-8-23(12-16)11-15(9-20)5-4-7-19/h10,14-16H,4-6,8,11-13H2,1-3H3/t15-,16-/m1/s1. The second kappa shape index (κ2) is 8.82. The van der Waals surface area contributed by atoms with E-state index in [1.165, 1.54) is 0 Å². The molecule has 24 heavy (non-hydrogen) atoms. The quantitative estimate of drug-likeness (QED) is 0.729. The van der Waals surface area contributed by atoms with Gasteiger partial charge in [0, 0.05) is 31.5 Å². The van der Waals surface area contributed by atoms with Crippen LogP contribution >= 0.6 is 0 Å². The Morgan fingerprint density at radius 1 is 1.46 bits per heavy atom. The number of rotatable bonds is 8. The number of hydrogen-bond acceptors (Lipinski definition) is 6. The van der Waals surface area contributed by atoms with Gasteiger partial charge in [0.15, 0.2) is 0 Å². The fourth-order valence-corrected chi connectivity index (χ4v) is 3.09. The summed E-state index contributed by atoms with van der Waals surface area (Å²) in [6, 6.07) is 4.91. The van der Waals surface area contributed by atoms with Crippen LogP contribution in [0.25, 0.3) is 0 Å².